The molecule has 4 fully saturated rings. The van der Waals surface area contributed by atoms with Gasteiger partial charge < -0.3 is 10.0 Å². The molecule has 0 aliphatic heterocycles. The predicted octanol–water partition coefficient (Wildman–Crippen LogP) is 8.75. The van der Waals surface area contributed by atoms with Gasteiger partial charge in [-0.1, -0.05) is 55.5 Å². The summed E-state index contributed by atoms with van der Waals surface area (Å²) in [5.41, 5.74) is 6.98. The maximum atomic E-state index is 11.7. The topological polar surface area (TPSA) is 40.5 Å². The summed E-state index contributed by atoms with van der Waals surface area (Å²) in [7, 11) is 0. The zero-order valence-corrected chi connectivity index (χ0v) is 22.9. The molecule has 38 heavy (non-hydrogen) atoms. The molecule has 4 saturated carbocycles. The largest absolute Gasteiger partial charge is 0.478 e. The molecule has 7 rings (SSSR count). The van der Waals surface area contributed by atoms with Crippen molar-refractivity contribution in [3.63, 3.8) is 0 Å². The Labute approximate surface area is 227 Å². The van der Waals surface area contributed by atoms with E-state index in [1.54, 1.807) is 17.7 Å². The summed E-state index contributed by atoms with van der Waals surface area (Å²) < 4.78 is 0. The number of hydrogen-bond donors (Lipinski definition) is 1. The molecule has 0 heterocycles. The Morgan fingerprint density at radius 2 is 1.50 bits per heavy atom. The second-order valence-corrected chi connectivity index (χ2v) is 12.5. The van der Waals surface area contributed by atoms with Gasteiger partial charge in [-0.25, -0.2) is 4.79 Å². The minimum atomic E-state index is -0.893. The first-order valence-corrected chi connectivity index (χ1v) is 14.7. The monoisotopic (exact) mass is 507 g/mol. The van der Waals surface area contributed by atoms with Crippen LogP contribution in [0.5, 0.6) is 0 Å². The Morgan fingerprint density at radius 1 is 0.895 bits per heavy atom. The fourth-order valence-electron chi connectivity index (χ4n) is 8.40. The first-order chi connectivity index (χ1) is 18.4. The standard InChI is InChI=1S/C35H41NO2/c1-3-36(33-7-5-4-6-32(33)34(37)38)31-16-12-29(13-17-31)24(2)8-9-25-10-14-30(15-11-25)35-21-26-18-27(22-35)20-28(19-26)23-35/h4-7,10-17,24,26-28H,3,8-9,18-23H2,1-2H3,(H,37,38). The highest BCUT2D eigenvalue weighted by Crippen LogP contribution is 2.60. The van der Waals surface area contributed by atoms with Crippen molar-refractivity contribution < 1.29 is 9.90 Å². The van der Waals surface area contributed by atoms with Crippen LogP contribution in [0, 0.1) is 17.8 Å². The second-order valence-electron chi connectivity index (χ2n) is 12.5. The Morgan fingerprint density at radius 3 is 2.08 bits per heavy atom. The fraction of sp³-hybridized carbons (Fsp3) is 0.457. The molecule has 1 atom stereocenters. The molecule has 0 saturated heterocycles. The molecule has 0 amide bonds. The molecule has 3 aromatic rings. The van der Waals surface area contributed by atoms with E-state index in [9.17, 15) is 9.90 Å². The van der Waals surface area contributed by atoms with Gasteiger partial charge >= 0.3 is 5.97 Å². The van der Waals surface area contributed by atoms with E-state index in [1.165, 1.54) is 49.7 Å². The molecule has 1 N–H and O–H groups in total. The van der Waals surface area contributed by atoms with Crippen molar-refractivity contribution in [1.29, 1.82) is 0 Å². The van der Waals surface area contributed by atoms with E-state index in [-0.39, 0.29) is 0 Å². The number of carbonyl (C=O) groups is 1. The van der Waals surface area contributed by atoms with E-state index < -0.39 is 5.97 Å². The van der Waals surface area contributed by atoms with Crippen molar-refractivity contribution >= 4 is 17.3 Å². The number of aromatic carboxylic acids is 1. The molecule has 4 bridgehead atoms. The average molecular weight is 508 g/mol. The third-order valence-electron chi connectivity index (χ3n) is 9.99. The Kier molecular flexibility index (Phi) is 6.80. The first kappa shape index (κ1) is 25.2. The number of carboxylic acids is 1. The fourth-order valence-corrected chi connectivity index (χ4v) is 8.40. The smallest absolute Gasteiger partial charge is 0.337 e. The van der Waals surface area contributed by atoms with Crippen LogP contribution >= 0.6 is 0 Å². The maximum Gasteiger partial charge on any atom is 0.337 e. The summed E-state index contributed by atoms with van der Waals surface area (Å²) in [5.74, 6) is 2.54. The van der Waals surface area contributed by atoms with Gasteiger partial charge in [0.2, 0.25) is 0 Å². The van der Waals surface area contributed by atoms with E-state index in [0.717, 1.165) is 42.0 Å². The van der Waals surface area contributed by atoms with Crippen LogP contribution in [0.15, 0.2) is 72.8 Å². The molecule has 0 aromatic heterocycles. The van der Waals surface area contributed by atoms with Crippen molar-refractivity contribution in [2.45, 2.75) is 76.5 Å². The normalized spacial score (nSPS) is 26.3. The van der Waals surface area contributed by atoms with Gasteiger partial charge in [0.05, 0.1) is 11.3 Å². The van der Waals surface area contributed by atoms with E-state index in [1.807, 2.05) is 12.1 Å². The highest BCUT2D eigenvalue weighted by molar-refractivity contribution is 5.95. The highest BCUT2D eigenvalue weighted by atomic mass is 16.4. The lowest BCUT2D eigenvalue weighted by atomic mass is 9.48. The number of hydrogen-bond acceptors (Lipinski definition) is 2. The minimum Gasteiger partial charge on any atom is -0.478 e. The van der Waals surface area contributed by atoms with Crippen molar-refractivity contribution in [3.05, 3.63) is 95.1 Å². The quantitative estimate of drug-likeness (QED) is 0.315. The molecule has 4 aliphatic carbocycles. The summed E-state index contributed by atoms with van der Waals surface area (Å²) in [5, 5.41) is 9.63. The van der Waals surface area contributed by atoms with Gasteiger partial charge in [0.1, 0.15) is 0 Å². The van der Waals surface area contributed by atoms with E-state index in [0.29, 0.717) is 23.4 Å². The van der Waals surface area contributed by atoms with Crippen LogP contribution in [-0.4, -0.2) is 17.6 Å². The summed E-state index contributed by atoms with van der Waals surface area (Å²) in [6.45, 7) is 5.08. The van der Waals surface area contributed by atoms with Crippen LogP contribution in [-0.2, 0) is 11.8 Å². The van der Waals surface area contributed by atoms with Crippen LogP contribution in [0.3, 0.4) is 0 Å². The van der Waals surface area contributed by atoms with Gasteiger partial charge in [0, 0.05) is 12.2 Å². The Bertz CT molecular complexity index is 1240. The van der Waals surface area contributed by atoms with Crippen molar-refractivity contribution in [3.8, 4) is 0 Å². The van der Waals surface area contributed by atoms with Crippen LogP contribution in [0.4, 0.5) is 11.4 Å². The molecule has 1 unspecified atom stereocenters. The zero-order chi connectivity index (χ0) is 26.3. The van der Waals surface area contributed by atoms with Crippen molar-refractivity contribution in [2.24, 2.45) is 17.8 Å². The number of aryl methyl sites for hydroxylation is 1. The summed E-state index contributed by atoms with van der Waals surface area (Å²) >= 11 is 0. The van der Waals surface area contributed by atoms with Gasteiger partial charge in [-0.15, -0.1) is 0 Å². The van der Waals surface area contributed by atoms with Crippen molar-refractivity contribution in [2.75, 3.05) is 11.4 Å². The molecule has 198 valence electrons. The number of para-hydroxylation sites is 1. The van der Waals surface area contributed by atoms with Gasteiger partial charge in [-0.2, -0.15) is 0 Å². The molecule has 4 aliphatic rings. The first-order valence-electron chi connectivity index (χ1n) is 14.7. The number of nitrogens with zero attached hydrogens (tertiary/aromatic N) is 1. The summed E-state index contributed by atoms with van der Waals surface area (Å²) in [6.07, 6.45) is 11.0. The molecule has 0 radical (unpaired) electrons. The van der Waals surface area contributed by atoms with Gasteiger partial charge in [0.25, 0.3) is 0 Å². The lowest BCUT2D eigenvalue weighted by molar-refractivity contribution is -0.00519. The molecule has 3 heteroatoms. The van der Waals surface area contributed by atoms with Crippen LogP contribution in [0.2, 0.25) is 0 Å². The van der Waals surface area contributed by atoms with Gasteiger partial charge in [0.15, 0.2) is 0 Å². The van der Waals surface area contributed by atoms with Gasteiger partial charge in [-0.05, 0) is 128 Å². The maximum absolute atomic E-state index is 11.7. The minimum absolute atomic E-state index is 0.334. The van der Waals surface area contributed by atoms with Crippen LogP contribution < -0.4 is 4.90 Å². The number of carboxylic acid groups (broad SMARTS) is 1. The van der Waals surface area contributed by atoms with E-state index >= 15 is 0 Å². The number of rotatable bonds is 9. The third kappa shape index (κ3) is 4.77. The predicted molar refractivity (Wildman–Crippen MR) is 156 cm³/mol. The molecule has 3 aromatic carbocycles. The molecular weight excluding hydrogens is 466 g/mol. The van der Waals surface area contributed by atoms with E-state index in [2.05, 4.69) is 67.3 Å². The SMILES string of the molecule is CCN(c1ccc(C(C)CCc2ccc(C34CC5CC(CC(C5)C3)C4)cc2)cc1)c1ccccc1C(=O)O. The average Bonchev–Trinajstić information content (AvgIpc) is 2.92. The third-order valence-corrected chi connectivity index (χ3v) is 9.99. The Balaban J connectivity index is 1.09. The molecule has 0 spiro atoms. The lowest BCUT2D eigenvalue weighted by Gasteiger charge is -2.57. The summed E-state index contributed by atoms with van der Waals surface area (Å²) in [4.78, 5) is 13.8. The lowest BCUT2D eigenvalue weighted by Crippen LogP contribution is -2.48. The Hall–Kier alpha value is -3.07. The van der Waals surface area contributed by atoms with Crippen LogP contribution in [0.25, 0.3) is 0 Å². The zero-order valence-electron chi connectivity index (χ0n) is 22.9. The number of anilines is 2. The van der Waals surface area contributed by atoms with Gasteiger partial charge in [-0.3, -0.25) is 0 Å². The highest BCUT2D eigenvalue weighted by Gasteiger charge is 2.51. The van der Waals surface area contributed by atoms with E-state index in [4.69, 9.17) is 0 Å². The molecular formula is C35H41NO2. The van der Waals surface area contributed by atoms with Crippen LogP contribution in [0.1, 0.15) is 91.8 Å². The summed E-state index contributed by atoms with van der Waals surface area (Å²) in [6, 6.07) is 25.7. The van der Waals surface area contributed by atoms with Crippen molar-refractivity contribution in [1.82, 2.24) is 0 Å². The second kappa shape index (κ2) is 10.2. The molecule has 3 nitrogen and oxygen atoms in total. The number of benzene rings is 3.